The van der Waals surface area contributed by atoms with Crippen LogP contribution in [0, 0.1) is 5.82 Å². The number of aliphatic imine (C=N–C) groups is 1. The van der Waals surface area contributed by atoms with Gasteiger partial charge >= 0.3 is 0 Å². The van der Waals surface area contributed by atoms with E-state index in [2.05, 4.69) is 17.2 Å². The molecule has 1 rings (SSSR count). The lowest BCUT2D eigenvalue weighted by atomic mass is 10.2. The van der Waals surface area contributed by atoms with Crippen LogP contribution in [-0.4, -0.2) is 19.6 Å². The van der Waals surface area contributed by atoms with E-state index in [-0.39, 0.29) is 11.6 Å². The number of nitrogens with zero attached hydrogens (tertiary/aromatic N) is 1. The first-order chi connectivity index (χ1) is 9.67. The van der Waals surface area contributed by atoms with Gasteiger partial charge in [0, 0.05) is 6.54 Å². The second-order valence-corrected chi connectivity index (χ2v) is 4.66. The van der Waals surface area contributed by atoms with E-state index >= 15 is 0 Å². The Hall–Kier alpha value is -1.78. The van der Waals surface area contributed by atoms with Gasteiger partial charge in [0.2, 0.25) is 0 Å². The summed E-state index contributed by atoms with van der Waals surface area (Å²) < 4.78 is 18.3. The Morgan fingerprint density at radius 3 is 2.80 bits per heavy atom. The third kappa shape index (κ3) is 5.91. The summed E-state index contributed by atoms with van der Waals surface area (Å²) in [4.78, 5) is 4.18. The van der Waals surface area contributed by atoms with Crippen LogP contribution in [0.5, 0.6) is 5.75 Å². The van der Waals surface area contributed by atoms with Crippen LogP contribution in [0.4, 0.5) is 4.39 Å². The van der Waals surface area contributed by atoms with E-state index < -0.39 is 0 Å². The molecule has 0 atom stereocenters. The van der Waals surface area contributed by atoms with Crippen molar-refractivity contribution in [1.82, 2.24) is 5.32 Å². The van der Waals surface area contributed by atoms with Gasteiger partial charge in [-0.15, -0.1) is 0 Å². The molecule has 0 saturated carbocycles. The van der Waals surface area contributed by atoms with Gasteiger partial charge in [0.25, 0.3) is 0 Å². The Labute approximate surface area is 120 Å². The van der Waals surface area contributed by atoms with E-state index in [9.17, 15) is 4.39 Å². The van der Waals surface area contributed by atoms with Crippen LogP contribution in [0.15, 0.2) is 23.2 Å². The van der Waals surface area contributed by atoms with Crippen molar-refractivity contribution in [1.29, 1.82) is 0 Å². The molecule has 0 aliphatic rings. The second kappa shape index (κ2) is 9.18. The van der Waals surface area contributed by atoms with Crippen molar-refractivity contribution in [2.75, 3.05) is 13.7 Å². The van der Waals surface area contributed by atoms with Crippen molar-refractivity contribution < 1.29 is 9.13 Å². The van der Waals surface area contributed by atoms with Gasteiger partial charge in [-0.05, 0) is 24.1 Å². The van der Waals surface area contributed by atoms with Gasteiger partial charge in [0.15, 0.2) is 17.5 Å². The minimum atomic E-state index is -0.383. The minimum absolute atomic E-state index is 0.236. The summed E-state index contributed by atoms with van der Waals surface area (Å²) in [6.45, 7) is 3.36. The molecule has 0 unspecified atom stereocenters. The fraction of sp³-hybridized carbons (Fsp3) is 0.533. The molecule has 0 bridgehead atoms. The van der Waals surface area contributed by atoms with Gasteiger partial charge in [-0.2, -0.15) is 0 Å². The highest BCUT2D eigenvalue weighted by Gasteiger charge is 2.02. The highest BCUT2D eigenvalue weighted by Crippen LogP contribution is 2.17. The molecule has 4 nitrogen and oxygen atoms in total. The first-order valence-electron chi connectivity index (χ1n) is 7.03. The lowest BCUT2D eigenvalue weighted by Gasteiger charge is -2.06. The Morgan fingerprint density at radius 1 is 1.35 bits per heavy atom. The molecule has 0 aromatic heterocycles. The maximum Gasteiger partial charge on any atom is 0.188 e. The van der Waals surface area contributed by atoms with Gasteiger partial charge < -0.3 is 15.8 Å². The monoisotopic (exact) mass is 281 g/mol. The van der Waals surface area contributed by atoms with E-state index in [0.29, 0.717) is 12.5 Å². The van der Waals surface area contributed by atoms with Crippen molar-refractivity contribution in [2.45, 2.75) is 39.2 Å². The average Bonchev–Trinajstić information content (AvgIpc) is 2.45. The van der Waals surface area contributed by atoms with Crippen molar-refractivity contribution in [3.63, 3.8) is 0 Å². The summed E-state index contributed by atoms with van der Waals surface area (Å²) in [5.41, 5.74) is 6.51. The molecule has 0 heterocycles. The van der Waals surface area contributed by atoms with E-state index in [1.165, 1.54) is 32.4 Å². The molecule has 0 amide bonds. The predicted octanol–water partition coefficient (Wildman–Crippen LogP) is 2.82. The Morgan fingerprint density at radius 2 is 2.15 bits per heavy atom. The Balaban J connectivity index is 2.36. The molecule has 20 heavy (non-hydrogen) atoms. The summed E-state index contributed by atoms with van der Waals surface area (Å²) in [7, 11) is 1.44. The standard InChI is InChI=1S/C15H24FN3O/c1-3-4-5-6-9-18-15(17)19-11-12-7-8-14(20-2)13(16)10-12/h7-8,10H,3-6,9,11H2,1-2H3,(H3,17,18,19). The van der Waals surface area contributed by atoms with Crippen LogP contribution in [-0.2, 0) is 6.54 Å². The average molecular weight is 281 g/mol. The van der Waals surface area contributed by atoms with Gasteiger partial charge in [-0.3, -0.25) is 0 Å². The fourth-order valence-corrected chi connectivity index (χ4v) is 1.81. The maximum absolute atomic E-state index is 13.5. The Kier molecular flexibility index (Phi) is 7.47. The number of nitrogens with one attached hydrogen (secondary N) is 1. The first-order valence-corrected chi connectivity index (χ1v) is 7.03. The third-order valence-electron chi connectivity index (χ3n) is 2.98. The number of benzene rings is 1. The molecule has 0 aliphatic heterocycles. The van der Waals surface area contributed by atoms with Crippen LogP contribution < -0.4 is 15.8 Å². The topological polar surface area (TPSA) is 59.6 Å². The van der Waals surface area contributed by atoms with Gasteiger partial charge in [-0.25, -0.2) is 9.38 Å². The maximum atomic E-state index is 13.5. The van der Waals surface area contributed by atoms with Crippen molar-refractivity contribution >= 4 is 5.96 Å². The van der Waals surface area contributed by atoms with E-state index in [0.717, 1.165) is 18.5 Å². The molecule has 0 saturated heterocycles. The largest absolute Gasteiger partial charge is 0.494 e. The van der Waals surface area contributed by atoms with Crippen molar-refractivity contribution in [3.8, 4) is 5.75 Å². The zero-order valence-corrected chi connectivity index (χ0v) is 12.3. The second-order valence-electron chi connectivity index (χ2n) is 4.66. The number of ether oxygens (including phenoxy) is 1. The molecular weight excluding hydrogens is 257 g/mol. The third-order valence-corrected chi connectivity index (χ3v) is 2.98. The molecule has 0 aliphatic carbocycles. The lowest BCUT2D eigenvalue weighted by Crippen LogP contribution is -2.32. The smallest absolute Gasteiger partial charge is 0.188 e. The summed E-state index contributed by atoms with van der Waals surface area (Å²) in [6.07, 6.45) is 4.73. The number of rotatable bonds is 8. The Bertz CT molecular complexity index is 435. The molecule has 1 aromatic carbocycles. The highest BCUT2D eigenvalue weighted by molar-refractivity contribution is 5.77. The summed E-state index contributed by atoms with van der Waals surface area (Å²) in [6, 6.07) is 4.78. The summed E-state index contributed by atoms with van der Waals surface area (Å²) >= 11 is 0. The SMILES string of the molecule is CCCCCCNC(N)=NCc1ccc(OC)c(F)c1. The van der Waals surface area contributed by atoms with Gasteiger partial charge in [0.1, 0.15) is 0 Å². The van der Waals surface area contributed by atoms with E-state index in [4.69, 9.17) is 10.5 Å². The molecule has 1 aromatic rings. The number of guanidine groups is 1. The fourth-order valence-electron chi connectivity index (χ4n) is 1.81. The molecule has 0 radical (unpaired) electrons. The molecule has 0 spiro atoms. The first kappa shape index (κ1) is 16.3. The van der Waals surface area contributed by atoms with Crippen LogP contribution in [0.1, 0.15) is 38.2 Å². The highest BCUT2D eigenvalue weighted by atomic mass is 19.1. The molecular formula is C15H24FN3O. The minimum Gasteiger partial charge on any atom is -0.494 e. The normalized spacial score (nSPS) is 11.4. The zero-order valence-electron chi connectivity index (χ0n) is 12.3. The molecule has 3 N–H and O–H groups in total. The van der Waals surface area contributed by atoms with Crippen LogP contribution in [0.25, 0.3) is 0 Å². The number of methoxy groups -OCH3 is 1. The van der Waals surface area contributed by atoms with Crippen molar-refractivity contribution in [2.24, 2.45) is 10.7 Å². The van der Waals surface area contributed by atoms with Gasteiger partial charge in [-0.1, -0.05) is 32.3 Å². The quantitative estimate of drug-likeness (QED) is 0.437. The summed E-state index contributed by atoms with van der Waals surface area (Å²) in [5.74, 6) is 0.253. The predicted molar refractivity (Wildman–Crippen MR) is 80.4 cm³/mol. The van der Waals surface area contributed by atoms with E-state index in [1.807, 2.05) is 0 Å². The molecule has 112 valence electrons. The van der Waals surface area contributed by atoms with Gasteiger partial charge in [0.05, 0.1) is 13.7 Å². The number of halogens is 1. The number of unbranched alkanes of at least 4 members (excludes halogenated alkanes) is 3. The van der Waals surface area contributed by atoms with Crippen LogP contribution in [0.2, 0.25) is 0 Å². The lowest BCUT2D eigenvalue weighted by molar-refractivity contribution is 0.386. The zero-order chi connectivity index (χ0) is 14.8. The van der Waals surface area contributed by atoms with Crippen LogP contribution >= 0.6 is 0 Å². The molecule has 0 fully saturated rings. The number of hydrogen-bond donors (Lipinski definition) is 2. The van der Waals surface area contributed by atoms with Crippen molar-refractivity contribution in [3.05, 3.63) is 29.6 Å². The number of hydrogen-bond acceptors (Lipinski definition) is 2. The summed E-state index contributed by atoms with van der Waals surface area (Å²) in [5, 5.41) is 3.06. The molecule has 5 heteroatoms. The van der Waals surface area contributed by atoms with E-state index in [1.54, 1.807) is 12.1 Å². The van der Waals surface area contributed by atoms with Crippen LogP contribution in [0.3, 0.4) is 0 Å². The number of nitrogens with two attached hydrogens (primary N) is 1.